The number of benzene rings is 1. The van der Waals surface area contributed by atoms with Gasteiger partial charge in [-0.1, -0.05) is 32.5 Å². The van der Waals surface area contributed by atoms with Crippen molar-refractivity contribution < 1.29 is 9.59 Å². The van der Waals surface area contributed by atoms with Gasteiger partial charge in [-0.15, -0.1) is 5.10 Å². The molecule has 6 nitrogen and oxygen atoms in total. The van der Waals surface area contributed by atoms with Gasteiger partial charge >= 0.3 is 0 Å². The molecule has 1 amide bonds. The molecule has 2 atom stereocenters. The van der Waals surface area contributed by atoms with Crippen molar-refractivity contribution in [3.05, 3.63) is 41.2 Å². The number of rotatable bonds is 5. The molecule has 30 heavy (non-hydrogen) atoms. The van der Waals surface area contributed by atoms with E-state index in [-0.39, 0.29) is 28.3 Å². The second-order valence-corrected chi connectivity index (χ2v) is 10.3. The maximum atomic E-state index is 12.7. The number of anilines is 1. The summed E-state index contributed by atoms with van der Waals surface area (Å²) in [5.74, 6) is 0.874. The molecule has 1 aromatic carbocycles. The quantitative estimate of drug-likeness (QED) is 0.532. The van der Waals surface area contributed by atoms with Crippen molar-refractivity contribution in [2.75, 3.05) is 17.2 Å². The van der Waals surface area contributed by atoms with Crippen molar-refractivity contribution in [1.82, 2.24) is 15.2 Å². The summed E-state index contributed by atoms with van der Waals surface area (Å²) in [7, 11) is 0. The monoisotopic (exact) mass is 422 g/mol. The lowest BCUT2D eigenvalue weighted by molar-refractivity contribution is -0.117. The number of aromatic nitrogens is 3. The Morgan fingerprint density at radius 2 is 1.97 bits per heavy atom. The minimum absolute atomic E-state index is 0.0245. The van der Waals surface area contributed by atoms with Crippen LogP contribution >= 0.6 is 11.8 Å². The Labute approximate surface area is 180 Å². The van der Waals surface area contributed by atoms with Crippen LogP contribution in [0.25, 0.3) is 0 Å². The van der Waals surface area contributed by atoms with Crippen LogP contribution in [0.15, 0.2) is 29.4 Å². The number of Topliss-reactive ketones (excluding diaryl/α,β-unsaturated/α-hetero) is 1. The standard InChI is InChI=1S/C23H26N4O2S/c1-22(2)16-10-11-23(22,3)20-19(16)25-26-21(24-20)30-13-17(28)14-6-8-15(9-7-14)27-12-4-5-18(27)29/h6-9,16H,4-5,10-13H2,1-3H3/t16-,23+/m0/s1. The fraction of sp³-hybridized carbons (Fsp3) is 0.522. The van der Waals surface area contributed by atoms with Crippen LogP contribution in [0, 0.1) is 5.41 Å². The summed E-state index contributed by atoms with van der Waals surface area (Å²) < 4.78 is 0. The number of carbonyl (C=O) groups excluding carboxylic acids is 2. The van der Waals surface area contributed by atoms with Crippen LogP contribution < -0.4 is 4.90 Å². The van der Waals surface area contributed by atoms with Crippen LogP contribution in [0.5, 0.6) is 0 Å². The van der Waals surface area contributed by atoms with E-state index in [2.05, 4.69) is 31.0 Å². The van der Waals surface area contributed by atoms with E-state index < -0.39 is 0 Å². The highest BCUT2D eigenvalue weighted by molar-refractivity contribution is 7.99. The summed E-state index contributed by atoms with van der Waals surface area (Å²) in [5, 5.41) is 9.40. The molecule has 2 bridgehead atoms. The largest absolute Gasteiger partial charge is 0.312 e. The zero-order valence-electron chi connectivity index (χ0n) is 17.6. The van der Waals surface area contributed by atoms with E-state index in [1.165, 1.54) is 11.8 Å². The third-order valence-corrected chi connectivity index (χ3v) is 8.52. The minimum atomic E-state index is 0.0245. The lowest BCUT2D eigenvalue weighted by Crippen LogP contribution is -2.32. The van der Waals surface area contributed by atoms with E-state index in [0.717, 1.165) is 42.9 Å². The van der Waals surface area contributed by atoms with E-state index in [1.54, 1.807) is 17.0 Å². The van der Waals surface area contributed by atoms with Gasteiger partial charge in [0.25, 0.3) is 0 Å². The zero-order chi connectivity index (χ0) is 21.1. The minimum Gasteiger partial charge on any atom is -0.312 e. The van der Waals surface area contributed by atoms with Crippen LogP contribution in [0.2, 0.25) is 0 Å². The Kier molecular flexibility index (Phi) is 4.51. The van der Waals surface area contributed by atoms with Gasteiger partial charge in [0.05, 0.1) is 17.1 Å². The molecule has 2 heterocycles. The van der Waals surface area contributed by atoms with E-state index >= 15 is 0 Å². The lowest BCUT2D eigenvalue weighted by atomic mass is 9.70. The molecule has 2 fully saturated rings. The van der Waals surface area contributed by atoms with Gasteiger partial charge in [0, 0.05) is 35.5 Å². The number of hydrogen-bond acceptors (Lipinski definition) is 6. The van der Waals surface area contributed by atoms with Crippen LogP contribution in [-0.2, 0) is 10.2 Å². The van der Waals surface area contributed by atoms with Crippen molar-refractivity contribution in [2.45, 2.75) is 62.9 Å². The molecular weight excluding hydrogens is 396 g/mol. The van der Waals surface area contributed by atoms with Crippen LogP contribution in [0.3, 0.4) is 0 Å². The molecule has 0 N–H and O–H groups in total. The third kappa shape index (κ3) is 2.82. The maximum Gasteiger partial charge on any atom is 0.227 e. The number of nitrogens with zero attached hydrogens (tertiary/aromatic N) is 4. The number of carbonyl (C=O) groups is 2. The van der Waals surface area contributed by atoms with Gasteiger partial charge in [-0.2, -0.15) is 5.10 Å². The number of amides is 1. The molecule has 1 aliphatic heterocycles. The average molecular weight is 423 g/mol. The van der Waals surface area contributed by atoms with Crippen molar-refractivity contribution in [2.24, 2.45) is 5.41 Å². The molecule has 1 saturated heterocycles. The number of ketones is 1. The first-order valence-electron chi connectivity index (χ1n) is 10.6. The third-order valence-electron chi connectivity index (χ3n) is 7.68. The maximum absolute atomic E-state index is 12.7. The van der Waals surface area contributed by atoms with Gasteiger partial charge in [-0.25, -0.2) is 4.98 Å². The summed E-state index contributed by atoms with van der Waals surface area (Å²) in [6.45, 7) is 7.66. The molecular formula is C23H26N4O2S. The van der Waals surface area contributed by atoms with Crippen LogP contribution in [0.1, 0.15) is 74.1 Å². The SMILES string of the molecule is CC1(C)[C@H]2CC[C@]1(C)c1nc(SCC(=O)c3ccc(N4CCCC4=O)cc3)nnc12. The lowest BCUT2D eigenvalue weighted by Gasteiger charge is -2.33. The molecule has 2 aliphatic carbocycles. The average Bonchev–Trinajstić information content (AvgIpc) is 3.32. The van der Waals surface area contributed by atoms with E-state index in [1.807, 2.05) is 12.1 Å². The van der Waals surface area contributed by atoms with Gasteiger partial charge in [-0.05, 0) is 48.9 Å². The van der Waals surface area contributed by atoms with Gasteiger partial charge in [0.1, 0.15) is 0 Å². The molecule has 0 unspecified atom stereocenters. The highest BCUT2D eigenvalue weighted by Gasteiger charge is 2.61. The molecule has 0 radical (unpaired) electrons. The first kappa shape index (κ1) is 19.7. The van der Waals surface area contributed by atoms with Crippen molar-refractivity contribution in [3.8, 4) is 0 Å². The predicted octanol–water partition coefficient (Wildman–Crippen LogP) is 4.15. The highest BCUT2D eigenvalue weighted by atomic mass is 32.2. The first-order chi connectivity index (χ1) is 14.3. The second-order valence-electron chi connectivity index (χ2n) is 9.38. The van der Waals surface area contributed by atoms with Crippen LogP contribution in [-0.4, -0.2) is 39.2 Å². The highest BCUT2D eigenvalue weighted by Crippen LogP contribution is 2.66. The molecule has 7 heteroatoms. The van der Waals surface area contributed by atoms with Crippen LogP contribution in [0.4, 0.5) is 5.69 Å². The Hall–Kier alpha value is -2.28. The smallest absolute Gasteiger partial charge is 0.227 e. The summed E-state index contributed by atoms with van der Waals surface area (Å²) >= 11 is 1.35. The Bertz CT molecular complexity index is 1040. The van der Waals surface area contributed by atoms with Gasteiger partial charge < -0.3 is 4.90 Å². The number of thioether (sulfide) groups is 1. The molecule has 156 valence electrons. The fourth-order valence-corrected chi connectivity index (χ4v) is 6.07. The molecule has 3 aliphatic rings. The number of fused-ring (bicyclic) bond motifs is 5. The Morgan fingerprint density at radius 1 is 1.20 bits per heavy atom. The normalized spacial score (nSPS) is 26.3. The van der Waals surface area contributed by atoms with E-state index in [4.69, 9.17) is 4.98 Å². The van der Waals surface area contributed by atoms with E-state index in [0.29, 0.717) is 23.1 Å². The van der Waals surface area contributed by atoms with Gasteiger partial charge in [0.15, 0.2) is 5.78 Å². The molecule has 5 rings (SSSR count). The van der Waals surface area contributed by atoms with Crippen molar-refractivity contribution in [1.29, 1.82) is 0 Å². The molecule has 1 saturated carbocycles. The number of hydrogen-bond donors (Lipinski definition) is 0. The van der Waals surface area contributed by atoms with Crippen molar-refractivity contribution in [3.63, 3.8) is 0 Å². The summed E-state index contributed by atoms with van der Waals surface area (Å²) in [6.07, 6.45) is 3.77. The first-order valence-corrected chi connectivity index (χ1v) is 11.6. The summed E-state index contributed by atoms with van der Waals surface area (Å²) in [6, 6.07) is 7.31. The molecule has 1 aromatic heterocycles. The molecule has 0 spiro atoms. The predicted molar refractivity (Wildman–Crippen MR) is 116 cm³/mol. The topological polar surface area (TPSA) is 76.1 Å². The van der Waals surface area contributed by atoms with Gasteiger partial charge in [-0.3, -0.25) is 9.59 Å². The fourth-order valence-electron chi connectivity index (χ4n) is 5.39. The van der Waals surface area contributed by atoms with Crippen molar-refractivity contribution >= 4 is 29.1 Å². The molecule has 2 aromatic rings. The Balaban J connectivity index is 1.27. The second kappa shape index (κ2) is 6.87. The summed E-state index contributed by atoms with van der Waals surface area (Å²) in [5.41, 5.74) is 3.81. The summed E-state index contributed by atoms with van der Waals surface area (Å²) in [4.78, 5) is 31.2. The Morgan fingerprint density at radius 3 is 2.67 bits per heavy atom. The van der Waals surface area contributed by atoms with Gasteiger partial charge in [0.2, 0.25) is 11.1 Å². The van der Waals surface area contributed by atoms with E-state index in [9.17, 15) is 9.59 Å². The zero-order valence-corrected chi connectivity index (χ0v) is 18.5.